The van der Waals surface area contributed by atoms with Crippen LogP contribution in [0.5, 0.6) is 0 Å². The maximum atomic E-state index is 11.9. The minimum absolute atomic E-state index is 0.108. The highest BCUT2D eigenvalue weighted by atomic mass is 19.4. The highest BCUT2D eigenvalue weighted by molar-refractivity contribution is 5.94. The van der Waals surface area contributed by atoms with Crippen molar-refractivity contribution in [2.45, 2.75) is 33.0 Å². The molecular weight excluding hydrogens is 211 g/mol. The highest BCUT2D eigenvalue weighted by Gasteiger charge is 2.37. The molecule has 0 bridgehead atoms. The first-order valence-corrected chi connectivity index (χ1v) is 4.49. The van der Waals surface area contributed by atoms with Crippen molar-refractivity contribution in [2.75, 3.05) is 6.61 Å². The number of nitrogens with one attached hydrogen (secondary N) is 1. The molecule has 0 aliphatic rings. The van der Waals surface area contributed by atoms with Crippen molar-refractivity contribution in [1.82, 2.24) is 5.32 Å². The Kier molecular flexibility index (Phi) is 5.18. The molecule has 0 saturated carbocycles. The van der Waals surface area contributed by atoms with Gasteiger partial charge in [-0.25, -0.2) is 0 Å². The lowest BCUT2D eigenvalue weighted by Gasteiger charge is -2.14. The first-order chi connectivity index (χ1) is 6.77. The first-order valence-electron chi connectivity index (χ1n) is 4.49. The molecule has 0 aliphatic heterocycles. The van der Waals surface area contributed by atoms with Crippen LogP contribution in [-0.2, 0) is 9.53 Å². The molecule has 3 nitrogen and oxygen atoms in total. The molecule has 6 heteroatoms. The van der Waals surface area contributed by atoms with Crippen LogP contribution < -0.4 is 5.32 Å². The summed E-state index contributed by atoms with van der Waals surface area (Å²) in [6, 6.07) is -0.108. The lowest BCUT2D eigenvalue weighted by molar-refractivity contribution is -0.165. The summed E-state index contributed by atoms with van der Waals surface area (Å²) in [5.74, 6) is -2.09. The molecule has 15 heavy (non-hydrogen) atoms. The van der Waals surface area contributed by atoms with E-state index in [1.165, 1.54) is 0 Å². The second kappa shape index (κ2) is 5.63. The van der Waals surface area contributed by atoms with Crippen LogP contribution in [0.3, 0.4) is 0 Å². The third kappa shape index (κ3) is 5.98. The third-order valence-corrected chi connectivity index (χ3v) is 1.27. The van der Waals surface area contributed by atoms with Gasteiger partial charge in [0.2, 0.25) is 0 Å². The normalized spacial score (nSPS) is 12.9. The standard InChI is InChI=1S/C9H14F3NO2/c1-4-15-8(13-6(2)3)5-7(14)9(10,11)12/h5-6,13H,4H2,1-3H3/b8-5+. The number of halogens is 3. The summed E-state index contributed by atoms with van der Waals surface area (Å²) in [7, 11) is 0. The second-order valence-electron chi connectivity index (χ2n) is 3.10. The van der Waals surface area contributed by atoms with E-state index in [1.807, 2.05) is 0 Å². The fourth-order valence-corrected chi connectivity index (χ4v) is 0.766. The van der Waals surface area contributed by atoms with Gasteiger partial charge in [0.05, 0.1) is 12.7 Å². The van der Waals surface area contributed by atoms with Gasteiger partial charge in [0.15, 0.2) is 5.88 Å². The number of ether oxygens (including phenoxy) is 1. The van der Waals surface area contributed by atoms with Gasteiger partial charge in [0.1, 0.15) is 0 Å². The van der Waals surface area contributed by atoms with Crippen molar-refractivity contribution in [2.24, 2.45) is 0 Å². The van der Waals surface area contributed by atoms with Crippen LogP contribution in [0, 0.1) is 0 Å². The largest absolute Gasteiger partial charge is 0.479 e. The molecule has 0 rings (SSSR count). The van der Waals surface area contributed by atoms with Gasteiger partial charge in [0.25, 0.3) is 5.78 Å². The van der Waals surface area contributed by atoms with Crippen molar-refractivity contribution >= 4 is 5.78 Å². The number of hydrogen-bond donors (Lipinski definition) is 1. The number of ketones is 1. The Morgan fingerprint density at radius 3 is 2.33 bits per heavy atom. The van der Waals surface area contributed by atoms with Crippen molar-refractivity contribution in [3.05, 3.63) is 12.0 Å². The van der Waals surface area contributed by atoms with Crippen molar-refractivity contribution in [3.8, 4) is 0 Å². The topological polar surface area (TPSA) is 38.3 Å². The molecule has 0 aromatic rings. The average molecular weight is 225 g/mol. The molecule has 88 valence electrons. The molecule has 0 radical (unpaired) electrons. The van der Waals surface area contributed by atoms with Crippen LogP contribution in [0.2, 0.25) is 0 Å². The Morgan fingerprint density at radius 2 is 2.00 bits per heavy atom. The van der Waals surface area contributed by atoms with Gasteiger partial charge < -0.3 is 10.1 Å². The van der Waals surface area contributed by atoms with E-state index >= 15 is 0 Å². The van der Waals surface area contributed by atoms with Crippen LogP contribution >= 0.6 is 0 Å². The maximum absolute atomic E-state index is 11.9. The number of alkyl halides is 3. The fraction of sp³-hybridized carbons (Fsp3) is 0.667. The smallest absolute Gasteiger partial charge is 0.454 e. The van der Waals surface area contributed by atoms with E-state index in [9.17, 15) is 18.0 Å². The number of rotatable bonds is 5. The van der Waals surface area contributed by atoms with Crippen LogP contribution in [0.15, 0.2) is 12.0 Å². The number of carbonyl (C=O) groups is 1. The molecule has 0 unspecified atom stereocenters. The molecule has 0 amide bonds. The van der Waals surface area contributed by atoms with E-state index in [0.29, 0.717) is 6.08 Å². The maximum Gasteiger partial charge on any atom is 0.454 e. The Bertz CT molecular complexity index is 246. The summed E-state index contributed by atoms with van der Waals surface area (Å²) < 4.78 is 40.6. The molecule has 0 fully saturated rings. The quantitative estimate of drug-likeness (QED) is 0.574. The third-order valence-electron chi connectivity index (χ3n) is 1.27. The van der Waals surface area contributed by atoms with Gasteiger partial charge in [-0.05, 0) is 20.8 Å². The molecular formula is C9H14F3NO2. The van der Waals surface area contributed by atoms with Crippen LogP contribution in [0.4, 0.5) is 13.2 Å². The van der Waals surface area contributed by atoms with Gasteiger partial charge in [-0.1, -0.05) is 0 Å². The molecule has 0 heterocycles. The molecule has 0 spiro atoms. The van der Waals surface area contributed by atoms with Crippen LogP contribution in [-0.4, -0.2) is 24.6 Å². The Balaban J connectivity index is 4.60. The van der Waals surface area contributed by atoms with Gasteiger partial charge in [-0.2, -0.15) is 13.2 Å². The zero-order valence-corrected chi connectivity index (χ0v) is 8.81. The van der Waals surface area contributed by atoms with Crippen molar-refractivity contribution in [1.29, 1.82) is 0 Å². The average Bonchev–Trinajstić information content (AvgIpc) is 2.01. The molecule has 0 saturated heterocycles. The van der Waals surface area contributed by atoms with Gasteiger partial charge in [-0.3, -0.25) is 4.79 Å². The number of carbonyl (C=O) groups excluding carboxylic acids is 1. The minimum atomic E-state index is -4.86. The summed E-state index contributed by atoms with van der Waals surface area (Å²) in [5, 5.41) is 2.60. The first kappa shape index (κ1) is 13.8. The van der Waals surface area contributed by atoms with Gasteiger partial charge in [-0.15, -0.1) is 0 Å². The molecule has 0 atom stereocenters. The van der Waals surface area contributed by atoms with E-state index in [2.05, 4.69) is 5.32 Å². The Labute approximate surface area is 86.3 Å². The monoisotopic (exact) mass is 225 g/mol. The Morgan fingerprint density at radius 1 is 1.47 bits per heavy atom. The highest BCUT2D eigenvalue weighted by Crippen LogP contribution is 2.17. The minimum Gasteiger partial charge on any atom is -0.479 e. The number of allylic oxidation sites excluding steroid dienone is 1. The van der Waals surface area contributed by atoms with E-state index < -0.39 is 12.0 Å². The lowest BCUT2D eigenvalue weighted by atomic mass is 10.3. The van der Waals surface area contributed by atoms with E-state index in [0.717, 1.165) is 0 Å². The SMILES string of the molecule is CCO/C(=C/C(=O)C(F)(F)F)NC(C)C. The van der Waals surface area contributed by atoms with Gasteiger partial charge >= 0.3 is 6.18 Å². The second-order valence-corrected chi connectivity index (χ2v) is 3.10. The van der Waals surface area contributed by atoms with Crippen LogP contribution in [0.25, 0.3) is 0 Å². The van der Waals surface area contributed by atoms with Gasteiger partial charge in [0, 0.05) is 6.04 Å². The van der Waals surface area contributed by atoms with Crippen molar-refractivity contribution in [3.63, 3.8) is 0 Å². The van der Waals surface area contributed by atoms with E-state index in [4.69, 9.17) is 4.74 Å². The lowest BCUT2D eigenvalue weighted by Crippen LogP contribution is -2.27. The fourth-order valence-electron chi connectivity index (χ4n) is 0.766. The summed E-state index contributed by atoms with van der Waals surface area (Å²) in [6.45, 7) is 5.26. The zero-order valence-electron chi connectivity index (χ0n) is 8.81. The Hall–Kier alpha value is -1.20. The van der Waals surface area contributed by atoms with Crippen molar-refractivity contribution < 1.29 is 22.7 Å². The number of hydrogen-bond acceptors (Lipinski definition) is 3. The van der Waals surface area contributed by atoms with Crippen LogP contribution in [0.1, 0.15) is 20.8 Å². The molecule has 0 aromatic heterocycles. The summed E-state index contributed by atoms with van der Waals surface area (Å²) in [6.07, 6.45) is -4.44. The molecule has 0 aliphatic carbocycles. The summed E-state index contributed by atoms with van der Waals surface area (Å²) >= 11 is 0. The summed E-state index contributed by atoms with van der Waals surface area (Å²) in [5.41, 5.74) is 0. The predicted octanol–water partition coefficient (Wildman–Crippen LogP) is 1.99. The molecule has 1 N–H and O–H groups in total. The summed E-state index contributed by atoms with van der Waals surface area (Å²) in [4.78, 5) is 10.6. The molecule has 0 aromatic carbocycles. The van der Waals surface area contributed by atoms with E-state index in [-0.39, 0.29) is 18.5 Å². The predicted molar refractivity (Wildman–Crippen MR) is 49.0 cm³/mol. The zero-order chi connectivity index (χ0) is 12.1. The van der Waals surface area contributed by atoms with E-state index in [1.54, 1.807) is 20.8 Å².